The smallest absolute Gasteiger partial charge is 0.294 e. The molecular formula is C15H13Cl2N3O3. The fourth-order valence-electron chi connectivity index (χ4n) is 1.97. The molecule has 2 rings (SSSR count). The maximum atomic E-state index is 11.0. The van der Waals surface area contributed by atoms with Gasteiger partial charge in [0.1, 0.15) is 11.4 Å². The summed E-state index contributed by atoms with van der Waals surface area (Å²) in [6.45, 7) is 1.83. The number of nitro groups is 1. The number of anilines is 1. The van der Waals surface area contributed by atoms with Crippen LogP contribution in [0.4, 0.5) is 11.4 Å². The number of nitrogens with one attached hydrogen (secondary N) is 1. The fraction of sp³-hybridized carbons (Fsp3) is 0.133. The zero-order valence-electron chi connectivity index (χ0n) is 12.1. The number of halogens is 2. The standard InChI is InChI=1S/C15H13Cl2N3O3/c1-2-12(10-7-9(16)8-11(17)15(10)21)18-19-13-5-3-4-6-14(13)20(22)23/h3-8,19,21H,2H2,1H3/b18-12-. The van der Waals surface area contributed by atoms with Crippen LogP contribution in [0.15, 0.2) is 41.5 Å². The minimum Gasteiger partial charge on any atom is -0.506 e. The minimum absolute atomic E-state index is 0.0972. The quantitative estimate of drug-likeness (QED) is 0.457. The van der Waals surface area contributed by atoms with E-state index in [-0.39, 0.29) is 22.1 Å². The summed E-state index contributed by atoms with van der Waals surface area (Å²) >= 11 is 11.9. The van der Waals surface area contributed by atoms with E-state index in [2.05, 4.69) is 10.5 Å². The third-order valence-corrected chi connectivity index (χ3v) is 3.59. The molecule has 0 aromatic heterocycles. The zero-order valence-corrected chi connectivity index (χ0v) is 13.6. The summed E-state index contributed by atoms with van der Waals surface area (Å²) in [6.07, 6.45) is 0.456. The molecule has 0 saturated carbocycles. The van der Waals surface area contributed by atoms with E-state index in [9.17, 15) is 15.2 Å². The van der Waals surface area contributed by atoms with Crippen LogP contribution in [-0.4, -0.2) is 15.7 Å². The van der Waals surface area contributed by atoms with E-state index < -0.39 is 4.92 Å². The second-order valence-electron chi connectivity index (χ2n) is 4.58. The Morgan fingerprint density at radius 2 is 2.04 bits per heavy atom. The number of hydrogen-bond acceptors (Lipinski definition) is 5. The first-order valence-corrected chi connectivity index (χ1v) is 7.44. The third kappa shape index (κ3) is 3.91. The summed E-state index contributed by atoms with van der Waals surface area (Å²) in [5, 5.41) is 25.7. The average Bonchev–Trinajstić information content (AvgIpc) is 2.52. The summed E-state index contributed by atoms with van der Waals surface area (Å²) in [5.74, 6) is -0.138. The van der Waals surface area contributed by atoms with Crippen LogP contribution in [0.2, 0.25) is 10.0 Å². The Balaban J connectivity index is 2.40. The third-order valence-electron chi connectivity index (χ3n) is 3.09. The van der Waals surface area contributed by atoms with Crippen LogP contribution in [0.5, 0.6) is 5.75 Å². The number of nitrogens with zero attached hydrogens (tertiary/aromatic N) is 2. The molecule has 120 valence electrons. The Bertz CT molecular complexity index is 779. The van der Waals surface area contributed by atoms with Gasteiger partial charge >= 0.3 is 0 Å². The molecule has 2 aromatic carbocycles. The number of para-hydroxylation sites is 2. The number of nitro benzene ring substituents is 1. The molecule has 0 bridgehead atoms. The van der Waals surface area contributed by atoms with E-state index in [0.717, 1.165) is 0 Å². The summed E-state index contributed by atoms with van der Waals surface area (Å²) in [6, 6.07) is 9.09. The SMILES string of the molecule is CC/C(=N/Nc1ccccc1[N+](=O)[O-])c1cc(Cl)cc(Cl)c1O. The van der Waals surface area contributed by atoms with Gasteiger partial charge < -0.3 is 5.11 Å². The number of phenolic OH excluding ortho intramolecular Hbond substituents is 1. The van der Waals surface area contributed by atoms with Gasteiger partial charge in [-0.05, 0) is 24.6 Å². The van der Waals surface area contributed by atoms with E-state index in [1.807, 2.05) is 6.92 Å². The molecular weight excluding hydrogens is 341 g/mol. The number of aromatic hydroxyl groups is 1. The van der Waals surface area contributed by atoms with Crippen LogP contribution in [0.3, 0.4) is 0 Å². The number of phenols is 1. The van der Waals surface area contributed by atoms with Crippen molar-refractivity contribution < 1.29 is 10.0 Å². The lowest BCUT2D eigenvalue weighted by atomic mass is 10.1. The Morgan fingerprint density at radius 1 is 1.35 bits per heavy atom. The lowest BCUT2D eigenvalue weighted by Crippen LogP contribution is -2.05. The van der Waals surface area contributed by atoms with Crippen LogP contribution in [0.25, 0.3) is 0 Å². The molecule has 0 atom stereocenters. The monoisotopic (exact) mass is 353 g/mol. The molecule has 2 aromatic rings. The highest BCUT2D eigenvalue weighted by molar-refractivity contribution is 6.36. The molecule has 0 aliphatic carbocycles. The van der Waals surface area contributed by atoms with Crippen molar-refractivity contribution in [3.63, 3.8) is 0 Å². The number of hydrazone groups is 1. The molecule has 8 heteroatoms. The molecule has 2 N–H and O–H groups in total. The molecule has 0 aliphatic rings. The second-order valence-corrected chi connectivity index (χ2v) is 5.43. The van der Waals surface area contributed by atoms with Crippen molar-refractivity contribution >= 4 is 40.3 Å². The lowest BCUT2D eigenvalue weighted by Gasteiger charge is -2.10. The Labute approximate surface area is 142 Å². The number of rotatable bonds is 5. The molecule has 0 heterocycles. The van der Waals surface area contributed by atoms with Crippen LogP contribution >= 0.6 is 23.2 Å². The molecule has 23 heavy (non-hydrogen) atoms. The van der Waals surface area contributed by atoms with Crippen LogP contribution in [-0.2, 0) is 0 Å². The van der Waals surface area contributed by atoms with Gasteiger partial charge in [0.2, 0.25) is 0 Å². The van der Waals surface area contributed by atoms with Gasteiger partial charge in [-0.2, -0.15) is 5.10 Å². The van der Waals surface area contributed by atoms with Crippen molar-refractivity contribution in [2.24, 2.45) is 5.10 Å². The highest BCUT2D eigenvalue weighted by Gasteiger charge is 2.15. The lowest BCUT2D eigenvalue weighted by molar-refractivity contribution is -0.384. The maximum absolute atomic E-state index is 11.0. The summed E-state index contributed by atoms with van der Waals surface area (Å²) < 4.78 is 0. The first-order valence-electron chi connectivity index (χ1n) is 6.68. The van der Waals surface area contributed by atoms with Gasteiger partial charge in [0.05, 0.1) is 15.7 Å². The van der Waals surface area contributed by atoms with E-state index in [0.29, 0.717) is 22.7 Å². The van der Waals surface area contributed by atoms with Crippen molar-refractivity contribution in [1.82, 2.24) is 0 Å². The Kier molecular flexibility index (Phi) is 5.41. The Morgan fingerprint density at radius 3 is 2.70 bits per heavy atom. The van der Waals surface area contributed by atoms with E-state index >= 15 is 0 Å². The van der Waals surface area contributed by atoms with Crippen molar-refractivity contribution in [2.45, 2.75) is 13.3 Å². The maximum Gasteiger partial charge on any atom is 0.294 e. The molecule has 0 aliphatic heterocycles. The molecule has 0 amide bonds. The Hall–Kier alpha value is -2.31. The second kappa shape index (κ2) is 7.30. The van der Waals surface area contributed by atoms with E-state index in [1.165, 1.54) is 18.2 Å². The van der Waals surface area contributed by atoms with Crippen LogP contribution in [0, 0.1) is 10.1 Å². The topological polar surface area (TPSA) is 87.8 Å². The molecule has 0 fully saturated rings. The molecule has 6 nitrogen and oxygen atoms in total. The summed E-state index contributed by atoms with van der Waals surface area (Å²) in [4.78, 5) is 10.5. The minimum atomic E-state index is -0.503. The predicted octanol–water partition coefficient (Wildman–Crippen LogP) is 4.83. The van der Waals surface area contributed by atoms with Crippen molar-refractivity contribution in [2.75, 3.05) is 5.43 Å². The molecule has 0 unspecified atom stereocenters. The first-order chi connectivity index (χ1) is 10.9. The predicted molar refractivity (Wildman–Crippen MR) is 91.7 cm³/mol. The van der Waals surface area contributed by atoms with Gasteiger partial charge in [0.25, 0.3) is 5.69 Å². The van der Waals surface area contributed by atoms with Gasteiger partial charge in [0, 0.05) is 16.7 Å². The molecule has 0 spiro atoms. The van der Waals surface area contributed by atoms with Gasteiger partial charge in [-0.15, -0.1) is 0 Å². The van der Waals surface area contributed by atoms with Crippen LogP contribution < -0.4 is 5.43 Å². The average molecular weight is 354 g/mol. The van der Waals surface area contributed by atoms with Crippen molar-refractivity contribution in [3.8, 4) is 5.75 Å². The molecule has 0 radical (unpaired) electrons. The first kappa shape index (κ1) is 17.1. The van der Waals surface area contributed by atoms with Crippen molar-refractivity contribution in [1.29, 1.82) is 0 Å². The number of hydrogen-bond donors (Lipinski definition) is 2. The number of benzene rings is 2. The molecule has 0 saturated heterocycles. The largest absolute Gasteiger partial charge is 0.506 e. The highest BCUT2D eigenvalue weighted by atomic mass is 35.5. The van der Waals surface area contributed by atoms with Gasteiger partial charge in [-0.25, -0.2) is 0 Å². The van der Waals surface area contributed by atoms with Gasteiger partial charge in [-0.3, -0.25) is 15.5 Å². The van der Waals surface area contributed by atoms with Crippen molar-refractivity contribution in [3.05, 3.63) is 62.1 Å². The highest BCUT2D eigenvalue weighted by Crippen LogP contribution is 2.32. The summed E-state index contributed by atoms with van der Waals surface area (Å²) in [7, 11) is 0. The van der Waals surface area contributed by atoms with Gasteiger partial charge in [-0.1, -0.05) is 42.3 Å². The normalized spacial score (nSPS) is 11.3. The van der Waals surface area contributed by atoms with E-state index in [4.69, 9.17) is 23.2 Å². The van der Waals surface area contributed by atoms with Crippen LogP contribution in [0.1, 0.15) is 18.9 Å². The van der Waals surface area contributed by atoms with E-state index in [1.54, 1.807) is 18.2 Å². The zero-order chi connectivity index (χ0) is 17.0. The fourth-order valence-corrected chi connectivity index (χ4v) is 2.46. The summed E-state index contributed by atoms with van der Waals surface area (Å²) in [5.41, 5.74) is 3.64. The van der Waals surface area contributed by atoms with Gasteiger partial charge in [0.15, 0.2) is 0 Å².